The molecule has 0 radical (unpaired) electrons. The summed E-state index contributed by atoms with van der Waals surface area (Å²) in [5, 5.41) is 3.50. The Bertz CT molecular complexity index is 1390. The zero-order chi connectivity index (χ0) is 26.5. The molecule has 3 heterocycles. The highest BCUT2D eigenvalue weighted by Crippen LogP contribution is 2.35. The number of nitrogens with one attached hydrogen (secondary N) is 1. The maximum atomic E-state index is 13.4. The fraction of sp³-hybridized carbons (Fsp3) is 0.440. The van der Waals surface area contributed by atoms with E-state index in [9.17, 15) is 22.8 Å². The number of aromatic nitrogens is 3. The van der Waals surface area contributed by atoms with Gasteiger partial charge in [-0.25, -0.2) is 9.97 Å². The SMILES string of the molecule is Cc1nc(N[C@H](C)c2cccc(C(F)(F)F)c2C)c2cc(C(=O)N3CC(N(C)C)C3)n(C)c(=O)c2n1. The number of carbonyl (C=O) groups excluding carboxylic acids is 1. The number of alkyl halides is 3. The number of anilines is 1. The van der Waals surface area contributed by atoms with E-state index in [2.05, 4.69) is 15.3 Å². The van der Waals surface area contributed by atoms with Crippen molar-refractivity contribution >= 4 is 22.6 Å². The van der Waals surface area contributed by atoms with E-state index in [1.807, 2.05) is 19.0 Å². The van der Waals surface area contributed by atoms with Crippen molar-refractivity contribution < 1.29 is 18.0 Å². The van der Waals surface area contributed by atoms with Crippen LogP contribution in [0.2, 0.25) is 0 Å². The average Bonchev–Trinajstić information content (AvgIpc) is 2.74. The van der Waals surface area contributed by atoms with Crippen molar-refractivity contribution in [3.8, 4) is 0 Å². The number of hydrogen-bond acceptors (Lipinski definition) is 6. The Morgan fingerprint density at radius 1 is 1.19 bits per heavy atom. The number of hydrogen-bond donors (Lipinski definition) is 1. The first-order valence-electron chi connectivity index (χ1n) is 11.6. The molecule has 1 saturated heterocycles. The Hall–Kier alpha value is -3.47. The minimum Gasteiger partial charge on any atom is -0.363 e. The Labute approximate surface area is 206 Å². The molecule has 0 saturated carbocycles. The number of likely N-dealkylation sites (tertiary alicyclic amines) is 1. The van der Waals surface area contributed by atoms with Gasteiger partial charge < -0.3 is 19.7 Å². The molecule has 1 fully saturated rings. The summed E-state index contributed by atoms with van der Waals surface area (Å²) in [6.45, 7) is 5.89. The standard InChI is InChI=1S/C25H29F3N6O2/c1-13-17(8-7-9-19(13)25(26,27)28)14(2)29-22-18-10-20(23(35)34-11-16(12-34)32(4)5)33(6)24(36)21(18)30-15(3)31-22/h7-10,14,16H,11-12H2,1-6H3,(H,29,30,31)/t14-/m1/s1. The van der Waals surface area contributed by atoms with Gasteiger partial charge in [0, 0.05) is 26.2 Å². The lowest BCUT2D eigenvalue weighted by molar-refractivity contribution is -0.138. The van der Waals surface area contributed by atoms with E-state index in [0.29, 0.717) is 29.9 Å². The lowest BCUT2D eigenvalue weighted by Gasteiger charge is -2.42. The molecule has 192 valence electrons. The minimum absolute atomic E-state index is 0.111. The molecule has 1 aliphatic heterocycles. The van der Waals surface area contributed by atoms with Crippen LogP contribution in [0, 0.1) is 13.8 Å². The Balaban J connectivity index is 1.75. The summed E-state index contributed by atoms with van der Waals surface area (Å²) in [5.74, 6) is 0.331. The summed E-state index contributed by atoms with van der Waals surface area (Å²) < 4.78 is 41.6. The number of aryl methyl sites for hydroxylation is 1. The van der Waals surface area contributed by atoms with Crippen molar-refractivity contribution in [2.45, 2.75) is 39.0 Å². The normalized spacial score (nSPS) is 15.3. The van der Waals surface area contributed by atoms with Crippen molar-refractivity contribution in [2.24, 2.45) is 7.05 Å². The highest BCUT2D eigenvalue weighted by molar-refractivity contribution is 5.99. The first-order valence-corrected chi connectivity index (χ1v) is 11.6. The second-order valence-electron chi connectivity index (χ2n) is 9.49. The van der Waals surface area contributed by atoms with Gasteiger partial charge in [-0.3, -0.25) is 9.59 Å². The number of fused-ring (bicyclic) bond motifs is 1. The molecule has 0 spiro atoms. The largest absolute Gasteiger partial charge is 0.416 e. The number of nitrogens with zero attached hydrogens (tertiary/aromatic N) is 5. The molecule has 1 N–H and O–H groups in total. The van der Waals surface area contributed by atoms with Crippen LogP contribution in [0.4, 0.5) is 19.0 Å². The molecule has 8 nitrogen and oxygen atoms in total. The van der Waals surface area contributed by atoms with Crippen LogP contribution in [-0.4, -0.2) is 63.5 Å². The Morgan fingerprint density at radius 2 is 1.86 bits per heavy atom. The molecule has 4 rings (SSSR count). The van der Waals surface area contributed by atoms with Crippen LogP contribution in [0.25, 0.3) is 10.9 Å². The molecule has 0 bridgehead atoms. The van der Waals surface area contributed by atoms with E-state index < -0.39 is 23.3 Å². The van der Waals surface area contributed by atoms with Gasteiger partial charge in [0.25, 0.3) is 11.5 Å². The molecule has 0 aliphatic carbocycles. The van der Waals surface area contributed by atoms with Crippen LogP contribution in [0.1, 0.15) is 46.0 Å². The number of benzene rings is 1. The third-order valence-corrected chi connectivity index (χ3v) is 6.81. The van der Waals surface area contributed by atoms with Gasteiger partial charge in [-0.2, -0.15) is 13.2 Å². The van der Waals surface area contributed by atoms with Gasteiger partial charge >= 0.3 is 6.18 Å². The molecular weight excluding hydrogens is 473 g/mol. The summed E-state index contributed by atoms with van der Waals surface area (Å²) in [4.78, 5) is 38.8. The third kappa shape index (κ3) is 4.55. The van der Waals surface area contributed by atoms with E-state index in [4.69, 9.17) is 0 Å². The molecule has 0 unspecified atom stereocenters. The number of halogens is 3. The smallest absolute Gasteiger partial charge is 0.363 e. The molecule has 1 amide bonds. The fourth-order valence-electron chi connectivity index (χ4n) is 4.52. The molecule has 11 heteroatoms. The quantitative estimate of drug-likeness (QED) is 0.575. The van der Waals surface area contributed by atoms with Crippen molar-refractivity contribution in [1.29, 1.82) is 0 Å². The second-order valence-corrected chi connectivity index (χ2v) is 9.49. The highest BCUT2D eigenvalue weighted by Gasteiger charge is 2.35. The van der Waals surface area contributed by atoms with Gasteiger partial charge in [-0.05, 0) is 58.1 Å². The molecule has 1 aliphatic rings. The maximum Gasteiger partial charge on any atom is 0.416 e. The minimum atomic E-state index is -4.47. The summed E-state index contributed by atoms with van der Waals surface area (Å²) in [6, 6.07) is 5.31. The summed E-state index contributed by atoms with van der Waals surface area (Å²) in [5.41, 5.74) is -0.263. The predicted molar refractivity (Wildman–Crippen MR) is 131 cm³/mol. The molecule has 36 heavy (non-hydrogen) atoms. The molecular formula is C25H29F3N6O2. The van der Waals surface area contributed by atoms with Crippen molar-refractivity contribution in [3.63, 3.8) is 0 Å². The molecule has 2 aromatic heterocycles. The second kappa shape index (κ2) is 9.20. The van der Waals surface area contributed by atoms with Gasteiger partial charge in [-0.15, -0.1) is 0 Å². The fourth-order valence-corrected chi connectivity index (χ4v) is 4.52. The number of carbonyl (C=O) groups is 1. The van der Waals surface area contributed by atoms with Gasteiger partial charge in [0.05, 0.1) is 17.0 Å². The number of likely N-dealkylation sites (N-methyl/N-ethyl adjacent to an activating group) is 1. The summed E-state index contributed by atoms with van der Waals surface area (Å²) >= 11 is 0. The van der Waals surface area contributed by atoms with Gasteiger partial charge in [0.1, 0.15) is 22.9 Å². The summed E-state index contributed by atoms with van der Waals surface area (Å²) in [6.07, 6.45) is -4.47. The molecule has 3 aromatic rings. The zero-order valence-corrected chi connectivity index (χ0v) is 21.1. The first kappa shape index (κ1) is 25.6. The number of amides is 1. The van der Waals surface area contributed by atoms with Gasteiger partial charge in [0.15, 0.2) is 0 Å². The summed E-state index contributed by atoms with van der Waals surface area (Å²) in [7, 11) is 5.42. The molecule has 1 aromatic carbocycles. The van der Waals surface area contributed by atoms with Gasteiger partial charge in [-0.1, -0.05) is 12.1 Å². The van der Waals surface area contributed by atoms with Crippen molar-refractivity contribution in [2.75, 3.05) is 32.5 Å². The zero-order valence-electron chi connectivity index (χ0n) is 21.1. The maximum absolute atomic E-state index is 13.4. The number of pyridine rings is 1. The van der Waals surface area contributed by atoms with E-state index in [1.165, 1.54) is 24.6 Å². The van der Waals surface area contributed by atoms with Crippen LogP contribution in [0.3, 0.4) is 0 Å². The van der Waals surface area contributed by atoms with Crippen LogP contribution in [0.15, 0.2) is 29.1 Å². The highest BCUT2D eigenvalue weighted by atomic mass is 19.4. The molecule has 1 atom stereocenters. The van der Waals surface area contributed by atoms with Crippen molar-refractivity contribution in [1.82, 2.24) is 24.3 Å². The van der Waals surface area contributed by atoms with E-state index in [-0.39, 0.29) is 34.5 Å². The van der Waals surface area contributed by atoms with Gasteiger partial charge in [0.2, 0.25) is 0 Å². The third-order valence-electron chi connectivity index (χ3n) is 6.81. The lowest BCUT2D eigenvalue weighted by atomic mass is 9.97. The number of rotatable bonds is 5. The van der Waals surface area contributed by atoms with E-state index >= 15 is 0 Å². The lowest BCUT2D eigenvalue weighted by Crippen LogP contribution is -2.59. The Kier molecular flexibility index (Phi) is 6.54. The van der Waals surface area contributed by atoms with Crippen LogP contribution in [0.5, 0.6) is 0 Å². The van der Waals surface area contributed by atoms with E-state index in [0.717, 1.165) is 6.07 Å². The van der Waals surface area contributed by atoms with E-state index in [1.54, 1.807) is 30.9 Å². The Morgan fingerprint density at radius 3 is 2.47 bits per heavy atom. The van der Waals surface area contributed by atoms with Crippen LogP contribution >= 0.6 is 0 Å². The van der Waals surface area contributed by atoms with Crippen LogP contribution in [-0.2, 0) is 13.2 Å². The average molecular weight is 503 g/mol. The first-order chi connectivity index (χ1) is 16.8. The van der Waals surface area contributed by atoms with Crippen molar-refractivity contribution in [3.05, 3.63) is 62.8 Å². The predicted octanol–water partition coefficient (Wildman–Crippen LogP) is 3.52. The topological polar surface area (TPSA) is 83.4 Å². The monoisotopic (exact) mass is 502 g/mol. The van der Waals surface area contributed by atoms with Crippen LogP contribution < -0.4 is 10.9 Å².